The van der Waals surface area contributed by atoms with E-state index in [-0.39, 0.29) is 0 Å². The van der Waals surface area contributed by atoms with E-state index in [2.05, 4.69) is 15.9 Å². The summed E-state index contributed by atoms with van der Waals surface area (Å²) in [4.78, 5) is 0. The lowest BCUT2D eigenvalue weighted by Crippen LogP contribution is -2.27. The largest absolute Gasteiger partial charge is 0.618 e. The van der Waals surface area contributed by atoms with Gasteiger partial charge >= 0.3 is 0 Å². The van der Waals surface area contributed by atoms with E-state index in [1.54, 1.807) is 12.3 Å². The third-order valence-corrected chi connectivity index (χ3v) is 2.55. The number of aromatic nitrogens is 1. The highest BCUT2D eigenvalue weighted by Crippen LogP contribution is 2.39. The molecule has 0 aromatic carbocycles. The van der Waals surface area contributed by atoms with E-state index in [1.807, 2.05) is 6.07 Å². The minimum absolute atomic E-state index is 0.585. The van der Waals surface area contributed by atoms with E-state index < -0.39 is 0 Å². The molecule has 1 fully saturated rings. The Balaban J connectivity index is 2.36. The molecule has 0 bridgehead atoms. The molecule has 2 nitrogen and oxygen atoms in total. The molecule has 3 heteroatoms. The Morgan fingerprint density at radius 3 is 2.73 bits per heavy atom. The van der Waals surface area contributed by atoms with Crippen LogP contribution in [0.5, 0.6) is 0 Å². The number of hydrogen-bond donors (Lipinski definition) is 0. The first-order chi connectivity index (χ1) is 5.27. The molecule has 1 heterocycles. The van der Waals surface area contributed by atoms with Gasteiger partial charge in [-0.05, 0) is 24.8 Å². The first kappa shape index (κ1) is 7.10. The van der Waals surface area contributed by atoms with Crippen molar-refractivity contribution in [3.8, 4) is 0 Å². The Labute approximate surface area is 73.6 Å². The zero-order valence-electron chi connectivity index (χ0n) is 5.96. The molecule has 0 spiro atoms. The minimum atomic E-state index is 0.585. The normalized spacial score (nSPS) is 16.8. The maximum Gasteiger partial charge on any atom is 0.259 e. The fourth-order valence-electron chi connectivity index (χ4n) is 1.14. The van der Waals surface area contributed by atoms with Crippen LogP contribution in [0.4, 0.5) is 0 Å². The molecule has 0 atom stereocenters. The van der Waals surface area contributed by atoms with Gasteiger partial charge in [0.25, 0.3) is 4.60 Å². The first-order valence-electron chi connectivity index (χ1n) is 3.66. The topological polar surface area (TPSA) is 26.9 Å². The second kappa shape index (κ2) is 2.48. The predicted octanol–water partition coefficient (Wildman–Crippen LogP) is 1.96. The van der Waals surface area contributed by atoms with Gasteiger partial charge in [-0.1, -0.05) is 0 Å². The molecule has 0 unspecified atom stereocenters. The van der Waals surface area contributed by atoms with Crippen LogP contribution in [0.3, 0.4) is 0 Å². The molecule has 0 saturated heterocycles. The lowest BCUT2D eigenvalue weighted by atomic mass is 10.2. The molecule has 2 rings (SSSR count). The summed E-state index contributed by atoms with van der Waals surface area (Å²) in [5, 5.41) is 11.0. The van der Waals surface area contributed by atoms with Gasteiger partial charge in [0.1, 0.15) is 0 Å². The number of pyridine rings is 1. The van der Waals surface area contributed by atoms with E-state index >= 15 is 0 Å². The highest BCUT2D eigenvalue weighted by Gasteiger charge is 2.25. The Morgan fingerprint density at radius 2 is 2.18 bits per heavy atom. The van der Waals surface area contributed by atoms with Crippen LogP contribution < -0.4 is 4.73 Å². The average molecular weight is 214 g/mol. The molecule has 1 aromatic heterocycles. The Hall–Kier alpha value is -0.570. The van der Waals surface area contributed by atoms with Gasteiger partial charge in [-0.15, -0.1) is 0 Å². The van der Waals surface area contributed by atoms with Gasteiger partial charge in [0, 0.05) is 27.6 Å². The van der Waals surface area contributed by atoms with Crippen molar-refractivity contribution < 1.29 is 4.73 Å². The molecular weight excluding hydrogens is 206 g/mol. The van der Waals surface area contributed by atoms with E-state index in [4.69, 9.17) is 0 Å². The summed E-state index contributed by atoms with van der Waals surface area (Å²) in [7, 11) is 0. The molecular formula is C8H8BrNO. The fraction of sp³-hybridized carbons (Fsp3) is 0.375. The third-order valence-electron chi connectivity index (χ3n) is 1.94. The van der Waals surface area contributed by atoms with Crippen molar-refractivity contribution in [1.29, 1.82) is 0 Å². The van der Waals surface area contributed by atoms with Crippen molar-refractivity contribution in [3.63, 3.8) is 0 Å². The molecule has 58 valence electrons. The average Bonchev–Trinajstić information content (AvgIpc) is 2.77. The Morgan fingerprint density at radius 1 is 1.45 bits per heavy atom. The standard InChI is InChI=1S/C8H8BrNO/c9-8-4-3-7(5-10(8)11)6-1-2-6/h3-6H,1-2H2. The van der Waals surface area contributed by atoms with E-state index in [9.17, 15) is 5.21 Å². The van der Waals surface area contributed by atoms with Gasteiger partial charge in [0.05, 0.1) is 0 Å². The first-order valence-corrected chi connectivity index (χ1v) is 4.45. The van der Waals surface area contributed by atoms with Crippen molar-refractivity contribution in [2.45, 2.75) is 18.8 Å². The molecule has 0 amide bonds. The predicted molar refractivity (Wildman–Crippen MR) is 45.1 cm³/mol. The number of halogens is 1. The second-order valence-electron chi connectivity index (χ2n) is 2.89. The van der Waals surface area contributed by atoms with E-state index in [0.717, 1.165) is 4.73 Å². The number of hydrogen-bond acceptors (Lipinski definition) is 1. The number of rotatable bonds is 1. The van der Waals surface area contributed by atoms with Gasteiger partial charge in [-0.25, -0.2) is 0 Å². The van der Waals surface area contributed by atoms with Crippen LogP contribution in [-0.4, -0.2) is 0 Å². The summed E-state index contributed by atoms with van der Waals surface area (Å²) < 4.78 is 1.45. The van der Waals surface area contributed by atoms with Gasteiger partial charge in [-0.3, -0.25) is 0 Å². The summed E-state index contributed by atoms with van der Waals surface area (Å²) in [6.07, 6.45) is 4.13. The van der Waals surface area contributed by atoms with Gasteiger partial charge < -0.3 is 5.21 Å². The second-order valence-corrected chi connectivity index (χ2v) is 3.70. The van der Waals surface area contributed by atoms with Crippen molar-refractivity contribution in [1.82, 2.24) is 0 Å². The Bertz CT molecular complexity index is 283. The quantitative estimate of drug-likeness (QED) is 0.398. The van der Waals surface area contributed by atoms with Crippen LogP contribution in [0, 0.1) is 5.21 Å². The monoisotopic (exact) mass is 213 g/mol. The summed E-state index contributed by atoms with van der Waals surface area (Å²) >= 11 is 3.15. The van der Waals surface area contributed by atoms with Gasteiger partial charge in [-0.2, -0.15) is 4.73 Å². The maximum absolute atomic E-state index is 11.0. The van der Waals surface area contributed by atoms with Crippen molar-refractivity contribution in [2.24, 2.45) is 0 Å². The highest BCUT2D eigenvalue weighted by atomic mass is 79.9. The lowest BCUT2D eigenvalue weighted by molar-refractivity contribution is -0.617. The SMILES string of the molecule is [O-][n+]1cc(C2CC2)ccc1Br. The van der Waals surface area contributed by atoms with Crippen molar-refractivity contribution in [3.05, 3.63) is 33.7 Å². The highest BCUT2D eigenvalue weighted by molar-refractivity contribution is 9.10. The van der Waals surface area contributed by atoms with Gasteiger partial charge in [0.2, 0.25) is 0 Å². The molecule has 1 aliphatic rings. The summed E-state index contributed by atoms with van der Waals surface area (Å²) in [6, 6.07) is 3.82. The summed E-state index contributed by atoms with van der Waals surface area (Å²) in [6.45, 7) is 0. The van der Waals surface area contributed by atoms with E-state index in [0.29, 0.717) is 10.5 Å². The zero-order chi connectivity index (χ0) is 7.84. The molecule has 1 saturated carbocycles. The van der Waals surface area contributed by atoms with Gasteiger partial charge in [0.15, 0.2) is 6.20 Å². The molecule has 0 N–H and O–H groups in total. The molecule has 11 heavy (non-hydrogen) atoms. The van der Waals surface area contributed by atoms with Crippen LogP contribution in [0.15, 0.2) is 22.9 Å². The summed E-state index contributed by atoms with van der Waals surface area (Å²) in [5.41, 5.74) is 1.17. The van der Waals surface area contributed by atoms with E-state index in [1.165, 1.54) is 18.4 Å². The Kier molecular flexibility index (Phi) is 1.60. The molecule has 1 aromatic rings. The van der Waals surface area contributed by atoms with Crippen LogP contribution in [0.1, 0.15) is 24.3 Å². The minimum Gasteiger partial charge on any atom is -0.618 e. The third kappa shape index (κ3) is 1.38. The zero-order valence-corrected chi connectivity index (χ0v) is 7.54. The molecule has 0 aliphatic heterocycles. The van der Waals surface area contributed by atoms with Crippen LogP contribution in [-0.2, 0) is 0 Å². The van der Waals surface area contributed by atoms with Crippen LogP contribution >= 0.6 is 15.9 Å². The van der Waals surface area contributed by atoms with Crippen LogP contribution in [0.25, 0.3) is 0 Å². The van der Waals surface area contributed by atoms with Crippen LogP contribution in [0.2, 0.25) is 0 Å². The smallest absolute Gasteiger partial charge is 0.259 e. The molecule has 1 aliphatic carbocycles. The fourth-order valence-corrected chi connectivity index (χ4v) is 1.37. The summed E-state index contributed by atoms with van der Waals surface area (Å²) in [5.74, 6) is 0.656. The van der Waals surface area contributed by atoms with Crippen molar-refractivity contribution >= 4 is 15.9 Å². The molecule has 0 radical (unpaired) electrons. The maximum atomic E-state index is 11.0. The number of nitrogens with zero attached hydrogens (tertiary/aromatic N) is 1. The van der Waals surface area contributed by atoms with Crippen molar-refractivity contribution in [2.75, 3.05) is 0 Å². The lowest BCUT2D eigenvalue weighted by Gasteiger charge is -2.00.